The number of ether oxygens (including phenoxy) is 2. The SMILES string of the molecule is CCOC(=O)c1c(-c2ccc(C)c(C)c2)csc1NC(=S)NC(=O)CCCOc1ccc(Cl)cc1Cl. The molecule has 0 spiro atoms. The molecular formula is C26H26Cl2N2O4S2. The lowest BCUT2D eigenvalue weighted by Gasteiger charge is -2.12. The summed E-state index contributed by atoms with van der Waals surface area (Å²) >= 11 is 18.6. The smallest absolute Gasteiger partial charge is 0.341 e. The average Bonchev–Trinajstić information content (AvgIpc) is 3.23. The lowest BCUT2D eigenvalue weighted by atomic mass is 9.99. The van der Waals surface area contributed by atoms with Crippen molar-refractivity contribution in [2.45, 2.75) is 33.6 Å². The molecule has 0 saturated heterocycles. The Bertz CT molecular complexity index is 1280. The summed E-state index contributed by atoms with van der Waals surface area (Å²) in [5.41, 5.74) is 4.32. The topological polar surface area (TPSA) is 76.7 Å². The number of aryl methyl sites for hydroxylation is 2. The number of carbonyl (C=O) groups excluding carboxylic acids is 2. The van der Waals surface area contributed by atoms with Gasteiger partial charge < -0.3 is 20.1 Å². The van der Waals surface area contributed by atoms with E-state index < -0.39 is 5.97 Å². The number of thiophene rings is 1. The molecule has 0 radical (unpaired) electrons. The molecule has 0 bridgehead atoms. The Balaban J connectivity index is 1.60. The number of rotatable bonds is 9. The van der Waals surface area contributed by atoms with Crippen LogP contribution in [0.15, 0.2) is 41.8 Å². The van der Waals surface area contributed by atoms with Gasteiger partial charge in [0.1, 0.15) is 16.3 Å². The Hall–Kier alpha value is -2.65. The Morgan fingerprint density at radius 3 is 2.56 bits per heavy atom. The summed E-state index contributed by atoms with van der Waals surface area (Å²) in [4.78, 5) is 25.2. The number of anilines is 1. The molecule has 2 N–H and O–H groups in total. The third kappa shape index (κ3) is 7.43. The molecule has 1 amide bonds. The molecule has 3 aromatic rings. The van der Waals surface area contributed by atoms with Crippen LogP contribution in [0.2, 0.25) is 10.0 Å². The summed E-state index contributed by atoms with van der Waals surface area (Å²) in [6.45, 7) is 6.35. The summed E-state index contributed by atoms with van der Waals surface area (Å²) in [6.07, 6.45) is 0.646. The summed E-state index contributed by atoms with van der Waals surface area (Å²) in [5, 5.41) is 9.04. The maximum atomic E-state index is 12.8. The fraction of sp³-hybridized carbons (Fsp3) is 0.269. The highest BCUT2D eigenvalue weighted by Gasteiger charge is 2.22. The second-order valence-corrected chi connectivity index (χ2v) is 10.0. The van der Waals surface area contributed by atoms with Crippen molar-refractivity contribution < 1.29 is 19.1 Å². The molecule has 3 rings (SSSR count). The van der Waals surface area contributed by atoms with E-state index in [9.17, 15) is 9.59 Å². The minimum atomic E-state index is -0.457. The zero-order valence-electron chi connectivity index (χ0n) is 20.1. The van der Waals surface area contributed by atoms with Crippen molar-refractivity contribution in [2.75, 3.05) is 18.5 Å². The normalized spacial score (nSPS) is 10.6. The van der Waals surface area contributed by atoms with Crippen molar-refractivity contribution in [3.63, 3.8) is 0 Å². The summed E-state index contributed by atoms with van der Waals surface area (Å²) in [6, 6.07) is 11.0. The van der Waals surface area contributed by atoms with Crippen molar-refractivity contribution in [1.29, 1.82) is 0 Å². The van der Waals surface area contributed by atoms with Gasteiger partial charge in [0.15, 0.2) is 5.11 Å². The van der Waals surface area contributed by atoms with Gasteiger partial charge in [0.2, 0.25) is 5.91 Å². The molecule has 0 fully saturated rings. The molecule has 0 saturated carbocycles. The van der Waals surface area contributed by atoms with Gasteiger partial charge in [-0.3, -0.25) is 4.79 Å². The molecule has 10 heteroatoms. The largest absolute Gasteiger partial charge is 0.492 e. The number of benzene rings is 2. The number of nitrogens with one attached hydrogen (secondary N) is 2. The molecule has 1 aromatic heterocycles. The molecule has 190 valence electrons. The van der Waals surface area contributed by atoms with Crippen LogP contribution in [-0.4, -0.2) is 30.2 Å². The van der Waals surface area contributed by atoms with Gasteiger partial charge in [-0.25, -0.2) is 4.79 Å². The molecular weight excluding hydrogens is 539 g/mol. The monoisotopic (exact) mass is 564 g/mol. The maximum Gasteiger partial charge on any atom is 0.341 e. The van der Waals surface area contributed by atoms with Gasteiger partial charge in [-0.15, -0.1) is 11.3 Å². The van der Waals surface area contributed by atoms with Crippen LogP contribution >= 0.6 is 46.8 Å². The van der Waals surface area contributed by atoms with Gasteiger partial charge in [0, 0.05) is 22.4 Å². The fourth-order valence-corrected chi connectivity index (χ4v) is 5.01. The predicted octanol–water partition coefficient (Wildman–Crippen LogP) is 7.19. The predicted molar refractivity (Wildman–Crippen MR) is 151 cm³/mol. The lowest BCUT2D eigenvalue weighted by molar-refractivity contribution is -0.119. The van der Waals surface area contributed by atoms with Gasteiger partial charge in [-0.1, -0.05) is 41.4 Å². The zero-order valence-corrected chi connectivity index (χ0v) is 23.2. The third-order valence-electron chi connectivity index (χ3n) is 5.27. The molecule has 0 unspecified atom stereocenters. The highest BCUT2D eigenvalue weighted by Crippen LogP contribution is 2.37. The first-order chi connectivity index (χ1) is 17.2. The van der Waals surface area contributed by atoms with Gasteiger partial charge >= 0.3 is 5.97 Å². The fourth-order valence-electron chi connectivity index (χ4n) is 3.31. The van der Waals surface area contributed by atoms with E-state index >= 15 is 0 Å². The van der Waals surface area contributed by atoms with E-state index in [1.807, 2.05) is 37.4 Å². The van der Waals surface area contributed by atoms with Gasteiger partial charge in [0.25, 0.3) is 0 Å². The highest BCUT2D eigenvalue weighted by atomic mass is 35.5. The number of halogens is 2. The first-order valence-corrected chi connectivity index (χ1v) is 13.3. The lowest BCUT2D eigenvalue weighted by Crippen LogP contribution is -2.34. The molecule has 36 heavy (non-hydrogen) atoms. The molecule has 0 aliphatic heterocycles. The number of hydrogen-bond donors (Lipinski definition) is 2. The summed E-state index contributed by atoms with van der Waals surface area (Å²) in [7, 11) is 0. The van der Waals surface area contributed by atoms with Crippen LogP contribution in [0.3, 0.4) is 0 Å². The molecule has 6 nitrogen and oxygen atoms in total. The molecule has 1 heterocycles. The number of hydrogen-bond acceptors (Lipinski definition) is 6. The van der Waals surface area contributed by atoms with E-state index in [0.717, 1.165) is 22.3 Å². The first-order valence-electron chi connectivity index (χ1n) is 11.2. The number of carbonyl (C=O) groups is 2. The molecule has 0 aliphatic carbocycles. The third-order valence-corrected chi connectivity index (χ3v) is 6.90. The molecule has 0 aliphatic rings. The maximum absolute atomic E-state index is 12.8. The minimum absolute atomic E-state index is 0.0979. The number of amides is 1. The second kappa shape index (κ2) is 13.1. The van der Waals surface area contributed by atoms with Crippen LogP contribution < -0.4 is 15.4 Å². The van der Waals surface area contributed by atoms with Gasteiger partial charge in [0.05, 0.1) is 18.2 Å². The summed E-state index contributed by atoms with van der Waals surface area (Å²) in [5.74, 6) is -0.231. The van der Waals surface area contributed by atoms with E-state index in [0.29, 0.717) is 39.4 Å². The van der Waals surface area contributed by atoms with E-state index in [2.05, 4.69) is 10.6 Å². The second-order valence-electron chi connectivity index (χ2n) is 7.90. The van der Waals surface area contributed by atoms with E-state index in [1.165, 1.54) is 11.3 Å². The highest BCUT2D eigenvalue weighted by molar-refractivity contribution is 7.80. The Labute approximate surface area is 229 Å². The van der Waals surface area contributed by atoms with Gasteiger partial charge in [-0.05, 0) is 74.3 Å². The van der Waals surface area contributed by atoms with Crippen LogP contribution in [0.4, 0.5) is 5.00 Å². The van der Waals surface area contributed by atoms with Crippen molar-refractivity contribution in [1.82, 2.24) is 5.32 Å². The van der Waals surface area contributed by atoms with Crippen molar-refractivity contribution in [3.05, 3.63) is 68.5 Å². The van der Waals surface area contributed by atoms with Crippen molar-refractivity contribution in [2.24, 2.45) is 0 Å². The Morgan fingerprint density at radius 1 is 1.08 bits per heavy atom. The number of thiocarbonyl (C=S) groups is 1. The van der Waals surface area contributed by atoms with Crippen LogP contribution in [0.1, 0.15) is 41.3 Å². The van der Waals surface area contributed by atoms with E-state index in [4.69, 9.17) is 44.9 Å². The van der Waals surface area contributed by atoms with Gasteiger partial charge in [-0.2, -0.15) is 0 Å². The average molecular weight is 566 g/mol. The standard InChI is InChI=1S/C26H26Cl2N2O4S2/c1-4-33-25(32)23-19(17-8-7-15(2)16(3)12-17)14-36-24(23)30-26(35)29-22(31)6-5-11-34-21-10-9-18(27)13-20(21)28/h7-10,12-14H,4-6,11H2,1-3H3,(H2,29,30,31,35). The van der Waals surface area contributed by atoms with Crippen LogP contribution in [-0.2, 0) is 9.53 Å². The molecule has 0 atom stereocenters. The molecule has 2 aromatic carbocycles. The van der Waals surface area contributed by atoms with Crippen molar-refractivity contribution in [3.8, 4) is 16.9 Å². The van der Waals surface area contributed by atoms with Crippen LogP contribution in [0.5, 0.6) is 5.75 Å². The first kappa shape index (κ1) is 27.9. The zero-order chi connectivity index (χ0) is 26.2. The Kier molecular flexibility index (Phi) is 10.1. The van der Waals surface area contributed by atoms with E-state index in [1.54, 1.807) is 25.1 Å². The number of esters is 1. The minimum Gasteiger partial charge on any atom is -0.492 e. The Morgan fingerprint density at radius 2 is 1.86 bits per heavy atom. The van der Waals surface area contributed by atoms with Crippen molar-refractivity contribution >= 4 is 68.7 Å². The summed E-state index contributed by atoms with van der Waals surface area (Å²) < 4.78 is 10.9. The van der Waals surface area contributed by atoms with Crippen LogP contribution in [0, 0.1) is 13.8 Å². The quantitative estimate of drug-likeness (QED) is 0.163. The van der Waals surface area contributed by atoms with E-state index in [-0.39, 0.29) is 24.0 Å². The van der Waals surface area contributed by atoms with Crippen LogP contribution in [0.25, 0.3) is 11.1 Å².